The molecule has 0 bridgehead atoms. The van der Waals surface area contributed by atoms with E-state index in [-0.39, 0.29) is 5.75 Å². The fourth-order valence-electron chi connectivity index (χ4n) is 4.28. The van der Waals surface area contributed by atoms with Gasteiger partial charge in [-0.2, -0.15) is 5.10 Å². The minimum absolute atomic E-state index is 0.287. The van der Waals surface area contributed by atoms with Gasteiger partial charge >= 0.3 is 5.97 Å². The highest BCUT2D eigenvalue weighted by molar-refractivity contribution is 9.10. The van der Waals surface area contributed by atoms with Crippen molar-refractivity contribution in [1.29, 1.82) is 0 Å². The molecule has 0 radical (unpaired) electrons. The lowest BCUT2D eigenvalue weighted by atomic mass is 10.0. The SMILES string of the molecule is COc1cccc(C(=O)Oc2ccc(Br)cc2C=NNC(=O)c2[nH]c3c(C)cccc3c2-c2ccccc2)c1. The van der Waals surface area contributed by atoms with Gasteiger partial charge in [-0.05, 0) is 54.4 Å². The maximum atomic E-state index is 13.3. The molecule has 0 atom stereocenters. The summed E-state index contributed by atoms with van der Waals surface area (Å²) in [6.45, 7) is 2.00. The van der Waals surface area contributed by atoms with E-state index in [1.165, 1.54) is 13.3 Å². The lowest BCUT2D eigenvalue weighted by molar-refractivity contribution is 0.0733. The highest BCUT2D eigenvalue weighted by atomic mass is 79.9. The molecule has 0 aliphatic rings. The molecule has 0 fully saturated rings. The zero-order chi connectivity index (χ0) is 27.4. The van der Waals surface area contributed by atoms with Crippen LogP contribution in [0.25, 0.3) is 22.0 Å². The number of hydrogen-bond acceptors (Lipinski definition) is 5. The first-order valence-electron chi connectivity index (χ1n) is 12.1. The summed E-state index contributed by atoms with van der Waals surface area (Å²) in [4.78, 5) is 29.4. The van der Waals surface area contributed by atoms with Crippen molar-refractivity contribution in [3.63, 3.8) is 0 Å². The van der Waals surface area contributed by atoms with Crippen LogP contribution >= 0.6 is 15.9 Å². The summed E-state index contributed by atoms with van der Waals surface area (Å²) in [6, 6.07) is 27.5. The number of halogens is 1. The van der Waals surface area contributed by atoms with Gasteiger partial charge in [0, 0.05) is 26.5 Å². The first-order valence-corrected chi connectivity index (χ1v) is 12.9. The van der Waals surface area contributed by atoms with Crippen molar-refractivity contribution in [2.45, 2.75) is 6.92 Å². The summed E-state index contributed by atoms with van der Waals surface area (Å²) in [6.07, 6.45) is 1.44. The number of amides is 1. The molecular formula is C31H24BrN3O4. The Bertz CT molecular complexity index is 1710. The topological polar surface area (TPSA) is 92.8 Å². The van der Waals surface area contributed by atoms with Crippen LogP contribution in [-0.2, 0) is 0 Å². The van der Waals surface area contributed by atoms with Crippen molar-refractivity contribution in [2.24, 2.45) is 5.10 Å². The number of nitrogens with zero attached hydrogens (tertiary/aromatic N) is 1. The van der Waals surface area contributed by atoms with Crippen LogP contribution in [0.15, 0.2) is 101 Å². The molecule has 0 saturated heterocycles. The van der Waals surface area contributed by atoms with Crippen LogP contribution in [0.1, 0.15) is 32.0 Å². The highest BCUT2D eigenvalue weighted by Gasteiger charge is 2.20. The van der Waals surface area contributed by atoms with Crippen molar-refractivity contribution in [3.8, 4) is 22.6 Å². The number of aromatic amines is 1. The number of benzene rings is 4. The minimum Gasteiger partial charge on any atom is -0.497 e. The van der Waals surface area contributed by atoms with Gasteiger partial charge in [-0.1, -0.05) is 70.5 Å². The van der Waals surface area contributed by atoms with Gasteiger partial charge in [0.2, 0.25) is 0 Å². The number of nitrogens with one attached hydrogen (secondary N) is 2. The van der Waals surface area contributed by atoms with Crippen LogP contribution in [0.5, 0.6) is 11.5 Å². The summed E-state index contributed by atoms with van der Waals surface area (Å²) in [5, 5.41) is 5.13. The number of fused-ring (bicyclic) bond motifs is 1. The molecule has 39 heavy (non-hydrogen) atoms. The summed E-state index contributed by atoms with van der Waals surface area (Å²) >= 11 is 3.43. The number of carbonyl (C=O) groups is 2. The summed E-state index contributed by atoms with van der Waals surface area (Å²) in [7, 11) is 1.53. The molecule has 194 valence electrons. The number of methoxy groups -OCH3 is 1. The molecule has 0 aliphatic heterocycles. The third-order valence-electron chi connectivity index (χ3n) is 6.18. The number of hydrogen-bond donors (Lipinski definition) is 2. The molecule has 7 nitrogen and oxygen atoms in total. The number of H-pyrrole nitrogens is 1. The van der Waals surface area contributed by atoms with Gasteiger partial charge in [0.05, 0.1) is 18.9 Å². The standard InChI is InChI=1S/C31H24BrN3O4/c1-19-8-6-13-25-27(20-9-4-3-5-10-20)29(34-28(19)25)30(36)35-33-18-22-16-23(32)14-15-26(22)39-31(37)21-11-7-12-24(17-21)38-2/h3-18,34H,1-2H3,(H,35,36). The van der Waals surface area contributed by atoms with E-state index in [1.54, 1.807) is 42.5 Å². The Kier molecular flexibility index (Phi) is 7.56. The first kappa shape index (κ1) is 25.9. The maximum Gasteiger partial charge on any atom is 0.343 e. The van der Waals surface area contributed by atoms with Crippen molar-refractivity contribution < 1.29 is 19.1 Å². The van der Waals surface area contributed by atoms with E-state index < -0.39 is 11.9 Å². The molecule has 0 spiro atoms. The predicted octanol–water partition coefficient (Wildman–Crippen LogP) is 6.90. The van der Waals surface area contributed by atoms with Crippen LogP contribution in [0.4, 0.5) is 0 Å². The number of esters is 1. The molecule has 1 heterocycles. The molecule has 8 heteroatoms. The van der Waals surface area contributed by atoms with Crippen molar-refractivity contribution >= 4 is 44.9 Å². The number of rotatable bonds is 7. The van der Waals surface area contributed by atoms with Gasteiger partial charge in [-0.25, -0.2) is 10.2 Å². The van der Waals surface area contributed by atoms with Crippen LogP contribution < -0.4 is 14.9 Å². The fraction of sp³-hybridized carbons (Fsp3) is 0.0645. The van der Waals surface area contributed by atoms with E-state index in [0.717, 1.165) is 32.1 Å². The predicted molar refractivity (Wildman–Crippen MR) is 156 cm³/mol. The molecule has 2 N–H and O–H groups in total. The Morgan fingerprint density at radius 1 is 0.949 bits per heavy atom. The van der Waals surface area contributed by atoms with Crippen LogP contribution in [0, 0.1) is 6.92 Å². The van der Waals surface area contributed by atoms with E-state index in [9.17, 15) is 9.59 Å². The molecule has 5 rings (SSSR count). The lowest BCUT2D eigenvalue weighted by Crippen LogP contribution is -2.19. The number of hydrazone groups is 1. The molecule has 0 aliphatic carbocycles. The number of para-hydroxylation sites is 1. The van der Waals surface area contributed by atoms with Gasteiger partial charge in [0.15, 0.2) is 0 Å². The van der Waals surface area contributed by atoms with Crippen LogP contribution in [0.3, 0.4) is 0 Å². The molecular weight excluding hydrogens is 558 g/mol. The van der Waals surface area contributed by atoms with Crippen LogP contribution in [-0.4, -0.2) is 30.2 Å². The smallest absolute Gasteiger partial charge is 0.343 e. The lowest BCUT2D eigenvalue weighted by Gasteiger charge is -2.09. The normalized spacial score (nSPS) is 11.1. The monoisotopic (exact) mass is 581 g/mol. The average molecular weight is 582 g/mol. The molecule has 1 aromatic heterocycles. The molecule has 5 aromatic rings. The third kappa shape index (κ3) is 5.61. The Hall–Kier alpha value is -4.69. The van der Waals surface area contributed by atoms with E-state index in [1.807, 2.05) is 55.5 Å². The quantitative estimate of drug-likeness (QED) is 0.0946. The molecule has 0 unspecified atom stereocenters. The zero-order valence-corrected chi connectivity index (χ0v) is 22.8. The summed E-state index contributed by atoms with van der Waals surface area (Å²) < 4.78 is 11.6. The van der Waals surface area contributed by atoms with Gasteiger partial charge < -0.3 is 14.5 Å². The van der Waals surface area contributed by atoms with Gasteiger partial charge in [-0.3, -0.25) is 4.79 Å². The molecule has 1 amide bonds. The van der Waals surface area contributed by atoms with Gasteiger partial charge in [0.25, 0.3) is 5.91 Å². The Morgan fingerprint density at radius 2 is 1.74 bits per heavy atom. The Morgan fingerprint density at radius 3 is 2.54 bits per heavy atom. The second-order valence-electron chi connectivity index (χ2n) is 8.74. The Labute approximate surface area is 233 Å². The number of ether oxygens (including phenoxy) is 2. The second-order valence-corrected chi connectivity index (χ2v) is 9.66. The highest BCUT2D eigenvalue weighted by Crippen LogP contribution is 2.34. The summed E-state index contributed by atoms with van der Waals surface area (Å²) in [5.74, 6) is -0.108. The average Bonchev–Trinajstić information content (AvgIpc) is 3.36. The van der Waals surface area contributed by atoms with E-state index in [0.29, 0.717) is 22.6 Å². The largest absolute Gasteiger partial charge is 0.497 e. The number of carbonyl (C=O) groups excluding carboxylic acids is 2. The van der Waals surface area contributed by atoms with E-state index in [4.69, 9.17) is 9.47 Å². The zero-order valence-electron chi connectivity index (χ0n) is 21.2. The van der Waals surface area contributed by atoms with E-state index >= 15 is 0 Å². The van der Waals surface area contributed by atoms with Crippen LogP contribution in [0.2, 0.25) is 0 Å². The fourth-order valence-corrected chi connectivity index (χ4v) is 4.66. The van der Waals surface area contributed by atoms with Crippen molar-refractivity contribution in [1.82, 2.24) is 10.4 Å². The van der Waals surface area contributed by atoms with Gasteiger partial charge in [0.1, 0.15) is 17.2 Å². The van der Waals surface area contributed by atoms with Gasteiger partial charge in [-0.15, -0.1) is 0 Å². The second kappa shape index (κ2) is 11.4. The minimum atomic E-state index is -0.546. The first-order chi connectivity index (χ1) is 18.9. The van der Waals surface area contributed by atoms with E-state index in [2.05, 4.69) is 31.4 Å². The number of aryl methyl sites for hydroxylation is 1. The van der Waals surface area contributed by atoms with Crippen molar-refractivity contribution in [2.75, 3.05) is 7.11 Å². The summed E-state index contributed by atoms with van der Waals surface area (Å²) in [5.41, 5.74) is 7.50. The molecule has 0 saturated carbocycles. The van der Waals surface area contributed by atoms with Crippen molar-refractivity contribution in [3.05, 3.63) is 118 Å². The maximum absolute atomic E-state index is 13.3. The number of aromatic nitrogens is 1. The third-order valence-corrected chi connectivity index (χ3v) is 6.67. The Balaban J connectivity index is 1.41. The molecule has 4 aromatic carbocycles.